The maximum Gasteiger partial charge on any atom is 0.330 e. The number of rotatable bonds is 8. The lowest BCUT2D eigenvalue weighted by atomic mass is 10.1. The number of ether oxygens (including phenoxy) is 1. The zero-order chi connectivity index (χ0) is 30.6. The number of hydrogen-bond acceptors (Lipinski definition) is 6. The average molecular weight is 666 g/mol. The monoisotopic (exact) mass is 664 g/mol. The third kappa shape index (κ3) is 7.74. The topological polar surface area (TPSA) is 91.8 Å². The van der Waals surface area contributed by atoms with Crippen LogP contribution in [0.15, 0.2) is 20.3 Å². The Morgan fingerprint density at radius 2 is 1.26 bits per heavy atom. The molecule has 1 N–H and O–H groups in total. The zero-order valence-corrected chi connectivity index (χ0v) is 31.5. The van der Waals surface area contributed by atoms with E-state index in [2.05, 4.69) is 123 Å². The maximum absolute atomic E-state index is 13.1. The van der Waals surface area contributed by atoms with Crippen LogP contribution in [0.25, 0.3) is 0 Å². The second-order valence-corrected chi connectivity index (χ2v) is 30.6. The van der Waals surface area contributed by atoms with Crippen LogP contribution in [0.2, 0.25) is 54.4 Å². The fourth-order valence-corrected chi connectivity index (χ4v) is 7.46. The summed E-state index contributed by atoms with van der Waals surface area (Å²) in [6.07, 6.45) is -0.766. The Morgan fingerprint density at radius 1 is 0.821 bits per heavy atom. The van der Waals surface area contributed by atoms with Crippen molar-refractivity contribution < 1.29 is 18.0 Å². The van der Waals surface area contributed by atoms with Gasteiger partial charge in [0.15, 0.2) is 31.2 Å². The summed E-state index contributed by atoms with van der Waals surface area (Å²) in [5.74, 6) is 0. The lowest BCUT2D eigenvalue weighted by Gasteiger charge is -2.44. The molecule has 0 saturated carbocycles. The van der Waals surface area contributed by atoms with E-state index in [0.29, 0.717) is 6.61 Å². The van der Waals surface area contributed by atoms with Crippen LogP contribution in [-0.2, 0) is 18.0 Å². The Kier molecular flexibility index (Phi) is 10.2. The molecule has 226 valence electrons. The van der Waals surface area contributed by atoms with Crippen molar-refractivity contribution >= 4 is 40.9 Å². The normalized spacial score (nSPS) is 23.9. The Balaban J connectivity index is 2.70. The second-order valence-electron chi connectivity index (χ2n) is 15.5. The highest BCUT2D eigenvalue weighted by atomic mass is 79.9. The van der Waals surface area contributed by atoms with Gasteiger partial charge in [0.2, 0.25) is 0 Å². The molecule has 1 aromatic rings. The molecule has 0 unspecified atom stereocenters. The third-order valence-electron chi connectivity index (χ3n) is 9.37. The van der Waals surface area contributed by atoms with E-state index in [9.17, 15) is 9.59 Å². The van der Waals surface area contributed by atoms with Gasteiger partial charge in [-0.3, -0.25) is 14.3 Å². The number of aromatic amines is 1. The fourth-order valence-electron chi connectivity index (χ4n) is 3.52. The van der Waals surface area contributed by atoms with Crippen molar-refractivity contribution in [1.82, 2.24) is 9.55 Å². The van der Waals surface area contributed by atoms with Crippen LogP contribution in [0.4, 0.5) is 0 Å². The van der Waals surface area contributed by atoms with Gasteiger partial charge >= 0.3 is 5.69 Å². The Labute approximate surface area is 247 Å². The molecule has 0 radical (unpaired) electrons. The summed E-state index contributed by atoms with van der Waals surface area (Å²) in [5, 5.41) is -0.0980. The second kappa shape index (κ2) is 11.4. The largest absolute Gasteiger partial charge is 0.414 e. The predicted octanol–water partition coefficient (Wildman–Crippen LogP) is 7.00. The van der Waals surface area contributed by atoms with E-state index in [1.165, 1.54) is 10.8 Å². The van der Waals surface area contributed by atoms with E-state index >= 15 is 0 Å². The number of halogens is 1. The number of H-pyrrole nitrogens is 1. The summed E-state index contributed by atoms with van der Waals surface area (Å²) in [6.45, 7) is 33.4. The molecule has 1 aromatic heterocycles. The molecular formula is C27H53BrN2O6Si3. The molecule has 2 heterocycles. The van der Waals surface area contributed by atoms with Crippen LogP contribution in [-0.4, -0.2) is 59.4 Å². The molecule has 39 heavy (non-hydrogen) atoms. The minimum absolute atomic E-state index is 0.0263. The van der Waals surface area contributed by atoms with Gasteiger partial charge in [0.25, 0.3) is 5.56 Å². The molecule has 2 rings (SSSR count). The summed E-state index contributed by atoms with van der Waals surface area (Å²) in [5.41, 5.74) is -1.03. The van der Waals surface area contributed by atoms with Gasteiger partial charge in [0, 0.05) is 6.20 Å². The van der Waals surface area contributed by atoms with Gasteiger partial charge in [-0.25, -0.2) is 4.79 Å². The van der Waals surface area contributed by atoms with Crippen molar-refractivity contribution in [2.45, 2.75) is 141 Å². The highest BCUT2D eigenvalue weighted by molar-refractivity contribution is 9.10. The summed E-state index contributed by atoms with van der Waals surface area (Å²) in [7, 11) is -6.74. The first-order valence-corrected chi connectivity index (χ1v) is 23.4. The highest BCUT2D eigenvalue weighted by Gasteiger charge is 2.55. The smallest absolute Gasteiger partial charge is 0.330 e. The molecule has 1 aliphatic heterocycles. The Bertz CT molecular complexity index is 1130. The SMILES string of the molecule is CC(C)(C)[Si](C)(C)OC[C@H]1O[C@@H](n2cc(Br)c(=O)[nH]c2=O)[C@H](O[Si](C)(C)C(C)(C)C)[C@@H]1O[Si](C)(C)C(C)(C)C. The first-order chi connectivity index (χ1) is 17.2. The summed E-state index contributed by atoms with van der Waals surface area (Å²) in [4.78, 5) is 27.7. The van der Waals surface area contributed by atoms with Crippen LogP contribution >= 0.6 is 15.9 Å². The zero-order valence-electron chi connectivity index (χ0n) is 26.9. The Morgan fingerprint density at radius 3 is 1.69 bits per heavy atom. The van der Waals surface area contributed by atoms with E-state index in [4.69, 9.17) is 18.0 Å². The van der Waals surface area contributed by atoms with Crippen molar-refractivity contribution in [2.75, 3.05) is 6.61 Å². The fraction of sp³-hybridized carbons (Fsp3) is 0.852. The first kappa shape index (κ1) is 34.8. The molecule has 0 bridgehead atoms. The van der Waals surface area contributed by atoms with Crippen molar-refractivity contribution in [3.63, 3.8) is 0 Å². The molecule has 8 nitrogen and oxygen atoms in total. The van der Waals surface area contributed by atoms with Gasteiger partial charge in [0.1, 0.15) is 18.3 Å². The van der Waals surface area contributed by atoms with Crippen molar-refractivity contribution in [2.24, 2.45) is 0 Å². The average Bonchev–Trinajstić information content (AvgIpc) is 3.02. The van der Waals surface area contributed by atoms with Gasteiger partial charge in [-0.2, -0.15) is 0 Å². The quantitative estimate of drug-likeness (QED) is 0.301. The minimum atomic E-state index is -2.34. The minimum Gasteiger partial charge on any atom is -0.414 e. The number of nitrogens with one attached hydrogen (secondary N) is 1. The van der Waals surface area contributed by atoms with Gasteiger partial charge < -0.3 is 18.0 Å². The van der Waals surface area contributed by atoms with E-state index in [1.807, 2.05) is 0 Å². The van der Waals surface area contributed by atoms with Crippen LogP contribution < -0.4 is 11.2 Å². The molecule has 1 aliphatic rings. The maximum atomic E-state index is 13.1. The number of aromatic nitrogens is 2. The highest BCUT2D eigenvalue weighted by Crippen LogP contribution is 2.46. The molecular weight excluding hydrogens is 612 g/mol. The van der Waals surface area contributed by atoms with E-state index in [0.717, 1.165) is 0 Å². The van der Waals surface area contributed by atoms with Gasteiger partial charge in [-0.15, -0.1) is 0 Å². The third-order valence-corrected chi connectivity index (χ3v) is 23.4. The van der Waals surface area contributed by atoms with E-state index < -0.39 is 60.7 Å². The molecule has 0 aliphatic carbocycles. The standard InChI is InChI=1S/C27H53BrN2O6Si3/c1-25(2,3)37(10,11)33-17-19-20(35-38(12,13)26(4,5)6)21(36-39(14,15)27(7,8)9)23(34-19)30-16-18(28)22(31)29-24(30)32/h16,19-21,23H,17H2,1-15H3,(H,29,31,32)/t19-,20-,21-,23-/m1/s1. The summed E-state index contributed by atoms with van der Waals surface area (Å²) < 4.78 is 29.2. The Hall–Kier alpha value is -0.349. The molecule has 4 atom stereocenters. The van der Waals surface area contributed by atoms with Crippen LogP contribution in [0.5, 0.6) is 0 Å². The van der Waals surface area contributed by atoms with Gasteiger partial charge in [0.05, 0.1) is 11.1 Å². The summed E-state index contributed by atoms with van der Waals surface area (Å²) in [6, 6.07) is 0. The molecule has 1 fully saturated rings. The number of hydrogen-bond donors (Lipinski definition) is 1. The lowest BCUT2D eigenvalue weighted by Crippen LogP contribution is -2.55. The lowest BCUT2D eigenvalue weighted by molar-refractivity contribution is -0.0511. The van der Waals surface area contributed by atoms with Gasteiger partial charge in [-0.05, 0) is 70.3 Å². The molecule has 1 saturated heterocycles. The van der Waals surface area contributed by atoms with Crippen LogP contribution in [0, 0.1) is 0 Å². The van der Waals surface area contributed by atoms with E-state index in [1.54, 1.807) is 0 Å². The van der Waals surface area contributed by atoms with Gasteiger partial charge in [-0.1, -0.05) is 62.3 Å². The first-order valence-electron chi connectivity index (χ1n) is 13.9. The van der Waals surface area contributed by atoms with Crippen LogP contribution in [0.3, 0.4) is 0 Å². The van der Waals surface area contributed by atoms with Crippen LogP contribution in [0.1, 0.15) is 68.5 Å². The van der Waals surface area contributed by atoms with Crippen molar-refractivity contribution in [3.8, 4) is 0 Å². The predicted molar refractivity (Wildman–Crippen MR) is 170 cm³/mol. The molecule has 0 amide bonds. The molecule has 0 aromatic carbocycles. The molecule has 0 spiro atoms. The van der Waals surface area contributed by atoms with Crippen molar-refractivity contribution in [1.29, 1.82) is 0 Å². The summed E-state index contributed by atoms with van der Waals surface area (Å²) >= 11 is 3.29. The number of nitrogens with zero attached hydrogens (tertiary/aromatic N) is 1. The van der Waals surface area contributed by atoms with E-state index in [-0.39, 0.29) is 19.6 Å². The van der Waals surface area contributed by atoms with Crippen molar-refractivity contribution in [3.05, 3.63) is 31.5 Å². The molecule has 12 heteroatoms.